The summed E-state index contributed by atoms with van der Waals surface area (Å²) in [5.41, 5.74) is 11.3. The molecule has 0 bridgehead atoms. The minimum atomic E-state index is 0.00847. The predicted molar refractivity (Wildman–Crippen MR) is 205 cm³/mol. The highest BCUT2D eigenvalue weighted by Gasteiger charge is 2.56. The normalized spacial score (nSPS) is 30.4. The van der Waals surface area contributed by atoms with Gasteiger partial charge in [-0.25, -0.2) is 0 Å². The van der Waals surface area contributed by atoms with E-state index in [-0.39, 0.29) is 13.6 Å². The molecule has 0 N–H and O–H groups in total. The molecule has 2 aliphatic carbocycles. The number of Topliss-reactive ketones (excluding diaryl/α,β-unsaturated/α-hetero) is 2. The van der Waals surface area contributed by atoms with Gasteiger partial charge in [-0.1, -0.05) is 69.3 Å². The van der Waals surface area contributed by atoms with Crippen molar-refractivity contribution >= 4 is 58.6 Å². The molecule has 2 spiro atoms. The van der Waals surface area contributed by atoms with Crippen LogP contribution in [0, 0.1) is 11.3 Å². The van der Waals surface area contributed by atoms with E-state index in [1.807, 2.05) is 47.0 Å². The van der Waals surface area contributed by atoms with Crippen molar-refractivity contribution in [2.45, 2.75) is 86.0 Å². The molecule has 0 radical (unpaired) electrons. The smallest absolute Gasteiger partial charge is 0.163 e. The first kappa shape index (κ1) is 32.2. The van der Waals surface area contributed by atoms with Crippen LogP contribution in [0.3, 0.4) is 0 Å². The largest absolute Gasteiger partial charge is 0.367 e. The van der Waals surface area contributed by atoms with Crippen LogP contribution in [0.25, 0.3) is 0 Å². The van der Waals surface area contributed by atoms with Crippen molar-refractivity contribution in [1.82, 2.24) is 9.80 Å². The summed E-state index contributed by atoms with van der Waals surface area (Å²) >= 11 is 8.16. The molecular weight excluding hydrogens is 669 g/mol. The fourth-order valence-corrected chi connectivity index (χ4v) is 17.1. The second kappa shape index (κ2) is 11.9. The molecule has 2 saturated heterocycles. The van der Waals surface area contributed by atoms with Gasteiger partial charge in [0.2, 0.25) is 0 Å². The lowest BCUT2D eigenvalue weighted by Gasteiger charge is -2.53. The van der Waals surface area contributed by atoms with Gasteiger partial charge in [0.05, 0.1) is 20.2 Å². The number of hydrogen-bond donors (Lipinski definition) is 0. The number of benzene rings is 2. The number of carbonyl (C=O) groups is 2. The number of thioether (sulfide) groups is 4. The Morgan fingerprint density at radius 1 is 0.667 bits per heavy atom. The number of ketones is 2. The van der Waals surface area contributed by atoms with E-state index in [2.05, 4.69) is 79.1 Å². The fourth-order valence-electron chi connectivity index (χ4n) is 10.2. The average Bonchev–Trinajstić information content (AvgIpc) is 3.80. The summed E-state index contributed by atoms with van der Waals surface area (Å²) < 4.78 is 0.0390. The highest BCUT2D eigenvalue weighted by Crippen LogP contribution is 2.64. The summed E-state index contributed by atoms with van der Waals surface area (Å²) in [5.74, 6) is 5.94. The number of nitrogens with zero attached hydrogens (tertiary/aromatic N) is 2. The van der Waals surface area contributed by atoms with E-state index in [4.69, 9.17) is 0 Å². The van der Waals surface area contributed by atoms with Crippen molar-refractivity contribution in [2.75, 3.05) is 36.1 Å². The minimum Gasteiger partial charge on any atom is -0.367 e. The Balaban J connectivity index is 0.000000131. The van der Waals surface area contributed by atoms with Gasteiger partial charge < -0.3 is 9.80 Å². The van der Waals surface area contributed by atoms with Crippen LogP contribution in [0.15, 0.2) is 71.1 Å². The molecule has 48 heavy (non-hydrogen) atoms. The van der Waals surface area contributed by atoms with Gasteiger partial charge in [0, 0.05) is 90.2 Å². The molecule has 252 valence electrons. The first-order valence-electron chi connectivity index (χ1n) is 18.0. The van der Waals surface area contributed by atoms with Crippen LogP contribution in [-0.2, 0) is 22.4 Å². The zero-order chi connectivity index (χ0) is 32.8. The summed E-state index contributed by atoms with van der Waals surface area (Å²) in [5, 5.41) is 0. The Hall–Kier alpha value is -1.74. The van der Waals surface area contributed by atoms with E-state index in [0.29, 0.717) is 36.0 Å². The Kier molecular flexibility index (Phi) is 7.99. The van der Waals surface area contributed by atoms with Gasteiger partial charge in [0.1, 0.15) is 0 Å². The van der Waals surface area contributed by atoms with Crippen molar-refractivity contribution in [1.29, 1.82) is 0 Å². The van der Waals surface area contributed by atoms with Crippen LogP contribution < -0.4 is 0 Å². The van der Waals surface area contributed by atoms with E-state index >= 15 is 0 Å². The Morgan fingerprint density at radius 3 is 1.79 bits per heavy atom. The number of carbonyl (C=O) groups excluding carboxylic acids is 2. The molecule has 6 heterocycles. The van der Waals surface area contributed by atoms with Crippen LogP contribution in [0.5, 0.6) is 0 Å². The molecule has 0 saturated carbocycles. The third-order valence-corrected chi connectivity index (χ3v) is 18.9. The zero-order valence-corrected chi connectivity index (χ0v) is 31.7. The lowest BCUT2D eigenvalue weighted by molar-refractivity contribution is -0.119. The molecule has 2 aromatic carbocycles. The summed E-state index contributed by atoms with van der Waals surface area (Å²) in [7, 11) is 0. The van der Waals surface area contributed by atoms with Crippen LogP contribution in [0.1, 0.15) is 87.2 Å². The van der Waals surface area contributed by atoms with E-state index in [0.717, 1.165) is 51.6 Å². The van der Waals surface area contributed by atoms with E-state index < -0.39 is 0 Å². The standard InChI is InChI=1S/C21H25NOS2.C19H21NOS2/c1-20(2)11-17-19(18(23)13-20)21(24-9-10-25-21)12-16-15-6-4-3-5-14(15)7-8-22(16)17;1-12-10-16(21)17-18(12)20-7-6-13-4-2-3-5-14(13)15(20)11-19(17)22-8-9-23-19/h3-6,16H,7-13H2,1-2H3;2-5,12,15H,6-11H2,1H3. The summed E-state index contributed by atoms with van der Waals surface area (Å²) in [6.07, 6.45) is 6.88. The van der Waals surface area contributed by atoms with Crippen LogP contribution >= 0.6 is 47.0 Å². The summed E-state index contributed by atoms with van der Waals surface area (Å²) in [4.78, 5) is 31.2. The maximum absolute atomic E-state index is 13.2. The second-order valence-corrected chi connectivity index (χ2v) is 21.8. The SMILES string of the molecule is CC1(C)CC(=O)C2=C(C1)N1CCc3ccccc3C1CC21SCCS1.CC1CC(=O)C2=C1N1CCc3ccccc3C1CC21SCCS1. The predicted octanol–water partition coefficient (Wildman–Crippen LogP) is 8.84. The molecule has 6 aliphatic heterocycles. The molecule has 0 aromatic heterocycles. The maximum atomic E-state index is 13.2. The molecular formula is C40H46N2O2S4. The lowest BCUT2D eigenvalue weighted by Crippen LogP contribution is -2.49. The highest BCUT2D eigenvalue weighted by molar-refractivity contribution is 8.22. The molecule has 3 unspecified atom stereocenters. The molecule has 8 aliphatic rings. The van der Waals surface area contributed by atoms with Crippen molar-refractivity contribution in [2.24, 2.45) is 11.3 Å². The maximum Gasteiger partial charge on any atom is 0.163 e. The third kappa shape index (κ3) is 5.04. The van der Waals surface area contributed by atoms with Gasteiger partial charge in [-0.2, -0.15) is 0 Å². The van der Waals surface area contributed by atoms with Crippen molar-refractivity contribution in [3.8, 4) is 0 Å². The number of hydrogen-bond acceptors (Lipinski definition) is 8. The molecule has 2 aromatic rings. The van der Waals surface area contributed by atoms with Gasteiger partial charge in [-0.05, 0) is 46.9 Å². The van der Waals surface area contributed by atoms with Crippen molar-refractivity contribution in [3.05, 3.63) is 93.3 Å². The quantitative estimate of drug-likeness (QED) is 0.268. The Labute approximate surface area is 303 Å². The van der Waals surface area contributed by atoms with Crippen LogP contribution in [-0.4, -0.2) is 65.6 Å². The summed E-state index contributed by atoms with van der Waals surface area (Å²) in [6, 6.07) is 18.8. The van der Waals surface area contributed by atoms with E-state index in [1.165, 1.54) is 67.8 Å². The lowest BCUT2D eigenvalue weighted by atomic mass is 9.71. The topological polar surface area (TPSA) is 40.6 Å². The first-order valence-corrected chi connectivity index (χ1v) is 21.9. The van der Waals surface area contributed by atoms with Gasteiger partial charge in [-0.15, -0.1) is 47.0 Å². The monoisotopic (exact) mass is 714 g/mol. The van der Waals surface area contributed by atoms with Crippen LogP contribution in [0.4, 0.5) is 0 Å². The van der Waals surface area contributed by atoms with E-state index in [1.54, 1.807) is 0 Å². The second-order valence-electron chi connectivity index (χ2n) is 15.7. The molecule has 2 fully saturated rings. The average molecular weight is 715 g/mol. The minimum absolute atomic E-state index is 0.00847. The fraction of sp³-hybridized carbons (Fsp3) is 0.550. The van der Waals surface area contributed by atoms with Gasteiger partial charge in [-0.3, -0.25) is 9.59 Å². The van der Waals surface area contributed by atoms with Crippen LogP contribution in [0.2, 0.25) is 0 Å². The summed E-state index contributed by atoms with van der Waals surface area (Å²) in [6.45, 7) is 8.91. The van der Waals surface area contributed by atoms with Gasteiger partial charge in [0.15, 0.2) is 11.6 Å². The first-order chi connectivity index (χ1) is 23.2. The number of allylic oxidation sites excluding steroid dienone is 2. The molecule has 3 atom stereocenters. The van der Waals surface area contributed by atoms with Crippen molar-refractivity contribution < 1.29 is 9.59 Å². The third-order valence-electron chi connectivity index (χ3n) is 12.0. The highest BCUT2D eigenvalue weighted by atomic mass is 32.2. The van der Waals surface area contributed by atoms with Gasteiger partial charge in [0.25, 0.3) is 0 Å². The molecule has 10 rings (SSSR count). The molecule has 0 amide bonds. The number of fused-ring (bicyclic) bond motifs is 10. The molecule has 4 nitrogen and oxygen atoms in total. The Morgan fingerprint density at radius 2 is 1.19 bits per heavy atom. The van der Waals surface area contributed by atoms with Crippen molar-refractivity contribution in [3.63, 3.8) is 0 Å². The van der Waals surface area contributed by atoms with E-state index in [9.17, 15) is 9.59 Å². The number of rotatable bonds is 0. The van der Waals surface area contributed by atoms with Gasteiger partial charge >= 0.3 is 0 Å². The molecule has 8 heteroatoms. The zero-order valence-electron chi connectivity index (χ0n) is 28.4. The Bertz CT molecular complexity index is 1750.